The third-order valence-electron chi connectivity index (χ3n) is 9.08. The fraction of sp³-hybridized carbons (Fsp3) is 0.778. The van der Waals surface area contributed by atoms with Gasteiger partial charge in [-0.15, -0.1) is 0 Å². The van der Waals surface area contributed by atoms with E-state index in [0.29, 0.717) is 23.9 Å². The summed E-state index contributed by atoms with van der Waals surface area (Å²) in [5.74, 6) is -0.870. The maximum Gasteiger partial charge on any atom is 0.306 e. The van der Waals surface area contributed by atoms with Gasteiger partial charge in [0, 0.05) is 12.8 Å². The summed E-state index contributed by atoms with van der Waals surface area (Å²) in [4.78, 5) is 37.5. The summed E-state index contributed by atoms with van der Waals surface area (Å²) < 4.78 is 33.8. The van der Waals surface area contributed by atoms with E-state index in [9.17, 15) is 19.0 Å². The number of unbranched alkanes of at least 4 members (excludes halogenated alkanes) is 17. The van der Waals surface area contributed by atoms with Gasteiger partial charge in [0.2, 0.25) is 0 Å². The number of hydrogen-bond donors (Lipinski definition) is 0. The average molecular weight is 796 g/mol. The number of esters is 2. The normalized spacial score (nSPS) is 14.1. The van der Waals surface area contributed by atoms with Crippen LogP contribution >= 0.6 is 7.82 Å². The summed E-state index contributed by atoms with van der Waals surface area (Å²) in [6, 6.07) is 0. The van der Waals surface area contributed by atoms with Crippen LogP contribution in [0.2, 0.25) is 0 Å². The Labute approximate surface area is 337 Å². The lowest BCUT2D eigenvalue weighted by atomic mass is 10.0. The number of rotatable bonds is 39. The van der Waals surface area contributed by atoms with Crippen molar-refractivity contribution in [1.29, 1.82) is 0 Å². The molecule has 0 N–H and O–H groups in total. The second kappa shape index (κ2) is 37.5. The van der Waals surface area contributed by atoms with E-state index in [1.807, 2.05) is 21.1 Å². The summed E-state index contributed by atoms with van der Waals surface area (Å²) in [5.41, 5.74) is 0. The lowest BCUT2D eigenvalue weighted by Crippen LogP contribution is -2.37. The molecule has 0 aromatic carbocycles. The van der Waals surface area contributed by atoms with Crippen molar-refractivity contribution in [2.45, 2.75) is 180 Å². The zero-order valence-corrected chi connectivity index (χ0v) is 36.8. The first-order chi connectivity index (χ1) is 26.5. The number of carbonyl (C=O) groups excluding carboxylic acids is 2. The van der Waals surface area contributed by atoms with Crippen molar-refractivity contribution in [2.75, 3.05) is 47.5 Å². The number of nitrogens with zero attached hydrogens (tertiary/aromatic N) is 1. The summed E-state index contributed by atoms with van der Waals surface area (Å²) in [5, 5.41) is 0. The predicted octanol–water partition coefficient (Wildman–Crippen LogP) is 11.7. The lowest BCUT2D eigenvalue weighted by molar-refractivity contribution is -0.870. The van der Waals surface area contributed by atoms with Crippen molar-refractivity contribution in [1.82, 2.24) is 0 Å². The van der Waals surface area contributed by atoms with E-state index in [4.69, 9.17) is 18.5 Å². The molecule has 9 nitrogen and oxygen atoms in total. The van der Waals surface area contributed by atoms with Crippen LogP contribution in [0.1, 0.15) is 174 Å². The topological polar surface area (TPSA) is 111 Å². The zero-order valence-electron chi connectivity index (χ0n) is 35.9. The first-order valence-electron chi connectivity index (χ1n) is 21.8. The summed E-state index contributed by atoms with van der Waals surface area (Å²) in [6.45, 7) is 4.12. The molecule has 320 valence electrons. The van der Waals surface area contributed by atoms with E-state index >= 15 is 0 Å². The van der Waals surface area contributed by atoms with Gasteiger partial charge in [-0.3, -0.25) is 14.2 Å². The molecule has 1 unspecified atom stereocenters. The first kappa shape index (κ1) is 53.0. The van der Waals surface area contributed by atoms with E-state index in [-0.39, 0.29) is 26.1 Å². The lowest BCUT2D eigenvalue weighted by Gasteiger charge is -2.28. The standard InChI is InChI=1S/C45H82NO8P/c1-6-8-10-12-14-16-18-20-22-23-24-26-27-29-31-33-35-37-44(47)51-41-43(42-53-55(49,50)52-40-39-46(3,4)5)54-45(48)38-36-34-32-30-28-25-21-19-17-15-13-11-9-7-2/h10,12,16,18,22-23,26-27,43H,6-9,11,13-15,17,19-21,24-25,28-42H2,1-5H3/b12-10+,18-16+,23-22+,27-26+/t43-/m1/s1. The number of hydrogen-bond acceptors (Lipinski definition) is 8. The maximum atomic E-state index is 12.7. The smallest absolute Gasteiger partial charge is 0.306 e. The summed E-state index contributed by atoms with van der Waals surface area (Å²) in [7, 11) is 1.14. The van der Waals surface area contributed by atoms with Gasteiger partial charge >= 0.3 is 11.9 Å². The Morgan fingerprint density at radius 2 is 1.02 bits per heavy atom. The highest BCUT2D eigenvalue weighted by atomic mass is 31.2. The Bertz CT molecular complexity index is 1080. The highest BCUT2D eigenvalue weighted by Gasteiger charge is 2.21. The van der Waals surface area contributed by atoms with E-state index in [2.05, 4.69) is 62.5 Å². The van der Waals surface area contributed by atoms with Gasteiger partial charge in [-0.2, -0.15) is 0 Å². The molecule has 10 heteroatoms. The van der Waals surface area contributed by atoms with Gasteiger partial charge in [0.15, 0.2) is 6.10 Å². The second-order valence-electron chi connectivity index (χ2n) is 15.7. The predicted molar refractivity (Wildman–Crippen MR) is 227 cm³/mol. The molecule has 0 aliphatic heterocycles. The van der Waals surface area contributed by atoms with Crippen molar-refractivity contribution in [3.05, 3.63) is 48.6 Å². The molecule has 2 atom stereocenters. The van der Waals surface area contributed by atoms with Gasteiger partial charge in [0.1, 0.15) is 19.8 Å². The SMILES string of the molecule is CCC/C=C/C/C=C/C/C=C/C/C=C/CCCCCC(=O)OC[C@H](COP(=O)([O-])OCC[N+](C)(C)C)OC(=O)CCCCCCCCCCCCCCCC. The highest BCUT2D eigenvalue weighted by molar-refractivity contribution is 7.45. The van der Waals surface area contributed by atoms with Crippen molar-refractivity contribution in [3.8, 4) is 0 Å². The maximum absolute atomic E-state index is 12.7. The minimum absolute atomic E-state index is 0.0365. The number of likely N-dealkylation sites (N-methyl/N-ethyl adjacent to an activating group) is 1. The van der Waals surface area contributed by atoms with Crippen molar-refractivity contribution >= 4 is 19.8 Å². The van der Waals surface area contributed by atoms with Crippen LogP contribution in [0.4, 0.5) is 0 Å². The molecule has 55 heavy (non-hydrogen) atoms. The van der Waals surface area contributed by atoms with Gasteiger partial charge in [-0.05, 0) is 51.4 Å². The van der Waals surface area contributed by atoms with Crippen LogP contribution in [0.25, 0.3) is 0 Å². The van der Waals surface area contributed by atoms with E-state index < -0.39 is 32.5 Å². The van der Waals surface area contributed by atoms with Crippen molar-refractivity contribution in [3.63, 3.8) is 0 Å². The molecule has 0 spiro atoms. The minimum Gasteiger partial charge on any atom is -0.756 e. The quantitative estimate of drug-likeness (QED) is 0.0199. The van der Waals surface area contributed by atoms with E-state index in [0.717, 1.165) is 64.2 Å². The van der Waals surface area contributed by atoms with Crippen LogP contribution in [0.15, 0.2) is 48.6 Å². The van der Waals surface area contributed by atoms with Crippen LogP contribution in [-0.4, -0.2) is 70.0 Å². The fourth-order valence-electron chi connectivity index (χ4n) is 5.64. The van der Waals surface area contributed by atoms with Crippen LogP contribution in [-0.2, 0) is 32.7 Å². The number of carbonyl (C=O) groups is 2. The molecular weight excluding hydrogens is 713 g/mol. The number of allylic oxidation sites excluding steroid dienone is 8. The Kier molecular flexibility index (Phi) is 36.2. The Hall–Kier alpha value is -2.03. The molecule has 0 heterocycles. The van der Waals surface area contributed by atoms with Crippen LogP contribution < -0.4 is 4.89 Å². The van der Waals surface area contributed by atoms with Gasteiger partial charge in [-0.25, -0.2) is 0 Å². The zero-order chi connectivity index (χ0) is 40.7. The second-order valence-corrected chi connectivity index (χ2v) is 17.1. The minimum atomic E-state index is -4.63. The monoisotopic (exact) mass is 796 g/mol. The van der Waals surface area contributed by atoms with E-state index in [1.165, 1.54) is 70.6 Å². The number of quaternary nitrogens is 1. The number of ether oxygens (including phenoxy) is 2. The van der Waals surface area contributed by atoms with Gasteiger partial charge < -0.3 is 27.9 Å². The number of phosphoric acid groups is 1. The summed E-state index contributed by atoms with van der Waals surface area (Å²) >= 11 is 0. The molecule has 0 aliphatic rings. The molecule has 0 aromatic heterocycles. The Morgan fingerprint density at radius 3 is 1.53 bits per heavy atom. The van der Waals surface area contributed by atoms with Gasteiger partial charge in [-0.1, -0.05) is 159 Å². The Morgan fingerprint density at radius 1 is 0.564 bits per heavy atom. The molecule has 0 rings (SSSR count). The van der Waals surface area contributed by atoms with Crippen molar-refractivity contribution in [2.24, 2.45) is 0 Å². The molecule has 0 fully saturated rings. The molecule has 0 aliphatic carbocycles. The molecule has 0 radical (unpaired) electrons. The van der Waals surface area contributed by atoms with Crippen LogP contribution in [0.3, 0.4) is 0 Å². The van der Waals surface area contributed by atoms with Gasteiger partial charge in [0.25, 0.3) is 7.82 Å². The van der Waals surface area contributed by atoms with Crippen LogP contribution in [0.5, 0.6) is 0 Å². The molecule has 0 aromatic rings. The Balaban J connectivity index is 4.42. The van der Waals surface area contributed by atoms with Crippen LogP contribution in [0, 0.1) is 0 Å². The third-order valence-corrected chi connectivity index (χ3v) is 10.0. The highest BCUT2D eigenvalue weighted by Crippen LogP contribution is 2.38. The van der Waals surface area contributed by atoms with E-state index in [1.54, 1.807) is 0 Å². The molecule has 0 saturated heterocycles. The molecular formula is C45H82NO8P. The fourth-order valence-corrected chi connectivity index (χ4v) is 6.37. The third kappa shape index (κ3) is 41.4. The first-order valence-corrected chi connectivity index (χ1v) is 23.3. The summed E-state index contributed by atoms with van der Waals surface area (Å²) in [6.07, 6.45) is 42.7. The molecule has 0 bridgehead atoms. The van der Waals surface area contributed by atoms with Crippen molar-refractivity contribution < 1.29 is 42.1 Å². The largest absolute Gasteiger partial charge is 0.756 e. The molecule has 0 amide bonds. The average Bonchev–Trinajstić information content (AvgIpc) is 3.13. The molecule has 0 saturated carbocycles. The van der Waals surface area contributed by atoms with Gasteiger partial charge in [0.05, 0.1) is 27.7 Å². The number of phosphoric ester groups is 1.